The predicted octanol–water partition coefficient (Wildman–Crippen LogP) is 1.95. The SMILES string of the molecule is CCC(O)C1CCN(C(=O)CC2(c3ccccc3C)CC(=O)N(CCN(C)C)C2=O)CC1. The highest BCUT2D eigenvalue weighted by atomic mass is 16.3. The minimum atomic E-state index is -1.15. The van der Waals surface area contributed by atoms with E-state index in [2.05, 4.69) is 0 Å². The molecular formula is C25H37N3O4. The molecule has 1 N–H and O–H groups in total. The number of piperidine rings is 1. The molecule has 1 aromatic carbocycles. The molecule has 176 valence electrons. The van der Waals surface area contributed by atoms with Gasteiger partial charge in [0.05, 0.1) is 11.5 Å². The number of likely N-dealkylation sites (N-methyl/N-ethyl adjacent to an activating group) is 1. The van der Waals surface area contributed by atoms with Crippen molar-refractivity contribution in [1.82, 2.24) is 14.7 Å². The number of aliphatic hydroxyl groups excluding tert-OH is 1. The number of hydrogen-bond donors (Lipinski definition) is 1. The van der Waals surface area contributed by atoms with Gasteiger partial charge in [0.1, 0.15) is 0 Å². The van der Waals surface area contributed by atoms with Crippen LogP contribution in [0.3, 0.4) is 0 Å². The molecule has 3 amide bonds. The number of benzene rings is 1. The topological polar surface area (TPSA) is 81.2 Å². The lowest BCUT2D eigenvalue weighted by Gasteiger charge is -2.36. The summed E-state index contributed by atoms with van der Waals surface area (Å²) in [4.78, 5) is 45.1. The van der Waals surface area contributed by atoms with Crippen LogP contribution < -0.4 is 0 Å². The molecular weight excluding hydrogens is 406 g/mol. The standard InChI is InChI=1S/C25H37N3O4/c1-5-21(29)19-10-12-27(13-11-19)22(30)16-25(20-9-7-6-8-18(20)2)17-23(31)28(24(25)32)15-14-26(3)4/h6-9,19,21,29H,5,10-17H2,1-4H3. The zero-order chi connectivity index (χ0) is 23.5. The van der Waals surface area contributed by atoms with Crippen LogP contribution in [0.4, 0.5) is 0 Å². The van der Waals surface area contributed by atoms with E-state index >= 15 is 0 Å². The lowest BCUT2D eigenvalue weighted by atomic mass is 9.73. The van der Waals surface area contributed by atoms with Crippen LogP contribution in [0.2, 0.25) is 0 Å². The number of rotatable bonds is 8. The number of amides is 3. The van der Waals surface area contributed by atoms with Crippen LogP contribution in [-0.2, 0) is 19.8 Å². The molecule has 1 aromatic rings. The summed E-state index contributed by atoms with van der Waals surface area (Å²) in [5.41, 5.74) is 0.544. The molecule has 2 aliphatic rings. The average Bonchev–Trinajstić information content (AvgIpc) is 3.01. The van der Waals surface area contributed by atoms with E-state index in [0.717, 1.165) is 24.0 Å². The van der Waals surface area contributed by atoms with E-state index in [1.807, 2.05) is 57.1 Å². The van der Waals surface area contributed by atoms with E-state index in [1.165, 1.54) is 4.90 Å². The minimum Gasteiger partial charge on any atom is -0.393 e. The molecule has 2 unspecified atom stereocenters. The van der Waals surface area contributed by atoms with Crippen molar-refractivity contribution in [2.24, 2.45) is 5.92 Å². The Morgan fingerprint density at radius 2 is 1.88 bits per heavy atom. The average molecular weight is 444 g/mol. The third kappa shape index (κ3) is 4.89. The molecule has 0 radical (unpaired) electrons. The van der Waals surface area contributed by atoms with Gasteiger partial charge in [-0.2, -0.15) is 0 Å². The van der Waals surface area contributed by atoms with Gasteiger partial charge < -0.3 is 14.9 Å². The largest absolute Gasteiger partial charge is 0.393 e. The minimum absolute atomic E-state index is 0.00187. The fourth-order valence-electron chi connectivity index (χ4n) is 5.12. The van der Waals surface area contributed by atoms with Gasteiger partial charge in [0.25, 0.3) is 0 Å². The van der Waals surface area contributed by atoms with Gasteiger partial charge in [-0.3, -0.25) is 19.3 Å². The van der Waals surface area contributed by atoms with E-state index in [9.17, 15) is 19.5 Å². The number of aliphatic hydroxyl groups is 1. The highest BCUT2D eigenvalue weighted by molar-refractivity contribution is 6.11. The monoisotopic (exact) mass is 443 g/mol. The maximum absolute atomic E-state index is 13.7. The van der Waals surface area contributed by atoms with Crippen LogP contribution >= 0.6 is 0 Å². The van der Waals surface area contributed by atoms with Crippen molar-refractivity contribution >= 4 is 17.7 Å². The Labute approximate surface area is 191 Å². The number of likely N-dealkylation sites (tertiary alicyclic amines) is 2. The summed E-state index contributed by atoms with van der Waals surface area (Å²) in [6.07, 6.45) is 1.95. The molecule has 2 fully saturated rings. The summed E-state index contributed by atoms with van der Waals surface area (Å²) in [7, 11) is 3.81. The third-order valence-electron chi connectivity index (χ3n) is 7.15. The van der Waals surface area contributed by atoms with E-state index in [1.54, 1.807) is 4.90 Å². The van der Waals surface area contributed by atoms with Crippen molar-refractivity contribution in [3.63, 3.8) is 0 Å². The van der Waals surface area contributed by atoms with Gasteiger partial charge in [-0.1, -0.05) is 31.2 Å². The fourth-order valence-corrected chi connectivity index (χ4v) is 5.12. The van der Waals surface area contributed by atoms with Crippen LogP contribution in [0.5, 0.6) is 0 Å². The van der Waals surface area contributed by atoms with E-state index in [0.29, 0.717) is 32.6 Å². The second-order valence-electron chi connectivity index (χ2n) is 9.60. The van der Waals surface area contributed by atoms with Crippen molar-refractivity contribution in [3.05, 3.63) is 35.4 Å². The second kappa shape index (κ2) is 10.1. The highest BCUT2D eigenvalue weighted by Crippen LogP contribution is 2.42. The Hall–Kier alpha value is -2.25. The Balaban J connectivity index is 1.84. The molecule has 2 aliphatic heterocycles. The van der Waals surface area contributed by atoms with E-state index < -0.39 is 5.41 Å². The molecule has 0 spiro atoms. The lowest BCUT2D eigenvalue weighted by molar-refractivity contribution is -0.143. The van der Waals surface area contributed by atoms with Crippen molar-refractivity contribution in [2.75, 3.05) is 40.3 Å². The summed E-state index contributed by atoms with van der Waals surface area (Å²) >= 11 is 0. The van der Waals surface area contributed by atoms with Gasteiger partial charge in [-0.05, 0) is 57.3 Å². The van der Waals surface area contributed by atoms with Crippen molar-refractivity contribution < 1.29 is 19.5 Å². The number of nitrogens with zero attached hydrogens (tertiary/aromatic N) is 3. The molecule has 7 nitrogen and oxygen atoms in total. The maximum Gasteiger partial charge on any atom is 0.240 e. The maximum atomic E-state index is 13.7. The van der Waals surface area contributed by atoms with Gasteiger partial charge >= 0.3 is 0 Å². The number of carbonyl (C=O) groups excluding carboxylic acids is 3. The van der Waals surface area contributed by atoms with Crippen LogP contribution in [-0.4, -0.2) is 83.9 Å². The lowest BCUT2D eigenvalue weighted by Crippen LogP contribution is -2.47. The summed E-state index contributed by atoms with van der Waals surface area (Å²) < 4.78 is 0. The first-order valence-corrected chi connectivity index (χ1v) is 11.7. The Bertz CT molecular complexity index is 847. The predicted molar refractivity (Wildman–Crippen MR) is 123 cm³/mol. The number of imide groups is 1. The van der Waals surface area contributed by atoms with Crippen molar-refractivity contribution in [2.45, 2.75) is 57.5 Å². The summed E-state index contributed by atoms with van der Waals surface area (Å²) in [6.45, 7) is 5.97. The quantitative estimate of drug-likeness (QED) is 0.621. The molecule has 3 rings (SSSR count). The third-order valence-corrected chi connectivity index (χ3v) is 7.15. The molecule has 0 bridgehead atoms. The first kappa shape index (κ1) is 24.4. The second-order valence-corrected chi connectivity index (χ2v) is 9.60. The molecule has 7 heteroatoms. The zero-order valence-corrected chi connectivity index (χ0v) is 19.8. The number of carbonyl (C=O) groups is 3. The van der Waals surface area contributed by atoms with Gasteiger partial charge in [0.15, 0.2) is 0 Å². The Morgan fingerprint density at radius 1 is 1.22 bits per heavy atom. The van der Waals surface area contributed by atoms with Crippen LogP contribution in [0.15, 0.2) is 24.3 Å². The molecule has 32 heavy (non-hydrogen) atoms. The van der Waals surface area contributed by atoms with Gasteiger partial charge in [-0.15, -0.1) is 0 Å². The molecule has 2 heterocycles. The van der Waals surface area contributed by atoms with Gasteiger partial charge in [-0.25, -0.2) is 0 Å². The first-order valence-electron chi connectivity index (χ1n) is 11.7. The zero-order valence-electron chi connectivity index (χ0n) is 19.8. The van der Waals surface area contributed by atoms with Crippen LogP contribution in [0.1, 0.15) is 50.2 Å². The summed E-state index contributed by atoms with van der Waals surface area (Å²) in [5, 5.41) is 10.1. The Kier molecular flexibility index (Phi) is 7.72. The van der Waals surface area contributed by atoms with Gasteiger partial charge in [0.2, 0.25) is 17.7 Å². The summed E-state index contributed by atoms with van der Waals surface area (Å²) in [6, 6.07) is 7.59. The molecule has 0 saturated carbocycles. The Morgan fingerprint density at radius 3 is 2.47 bits per heavy atom. The van der Waals surface area contributed by atoms with E-state index in [4.69, 9.17) is 0 Å². The highest BCUT2D eigenvalue weighted by Gasteiger charge is 2.54. The summed E-state index contributed by atoms with van der Waals surface area (Å²) in [5.74, 6) is -0.347. The normalized spacial score (nSPS) is 23.3. The van der Waals surface area contributed by atoms with E-state index in [-0.39, 0.29) is 42.6 Å². The molecule has 2 saturated heterocycles. The van der Waals surface area contributed by atoms with Crippen LogP contribution in [0.25, 0.3) is 0 Å². The smallest absolute Gasteiger partial charge is 0.240 e. The van der Waals surface area contributed by atoms with Crippen LogP contribution in [0, 0.1) is 12.8 Å². The van der Waals surface area contributed by atoms with Gasteiger partial charge in [0, 0.05) is 39.0 Å². The first-order chi connectivity index (χ1) is 15.2. The van der Waals surface area contributed by atoms with Crippen molar-refractivity contribution in [1.29, 1.82) is 0 Å². The molecule has 0 aromatic heterocycles. The molecule has 0 aliphatic carbocycles. The number of hydrogen-bond acceptors (Lipinski definition) is 5. The molecule has 2 atom stereocenters. The van der Waals surface area contributed by atoms with Crippen molar-refractivity contribution in [3.8, 4) is 0 Å². The number of aryl methyl sites for hydroxylation is 1. The fraction of sp³-hybridized carbons (Fsp3) is 0.640.